The van der Waals surface area contributed by atoms with Crippen LogP contribution in [0.1, 0.15) is 21.9 Å². The number of carbonyl (C=O) groups excluding carboxylic acids is 1. The van der Waals surface area contributed by atoms with Crippen molar-refractivity contribution in [1.29, 1.82) is 0 Å². The maximum Gasteiger partial charge on any atom is 0.269 e. The summed E-state index contributed by atoms with van der Waals surface area (Å²) in [7, 11) is 0. The molecule has 140 valence electrons. The molecule has 5 nitrogen and oxygen atoms in total. The maximum absolute atomic E-state index is 12.2. The minimum Gasteiger partial charge on any atom is -0.350 e. The molecule has 0 saturated carbocycles. The summed E-state index contributed by atoms with van der Waals surface area (Å²) in [5.74, 6) is 0.776. The van der Waals surface area contributed by atoms with Crippen molar-refractivity contribution < 1.29 is 4.79 Å². The average molecular weight is 435 g/mol. The summed E-state index contributed by atoms with van der Waals surface area (Å²) in [6.07, 6.45) is 2.26. The second-order valence-corrected chi connectivity index (χ2v) is 7.37. The Labute approximate surface area is 171 Å². The Balaban J connectivity index is 1.54. The molecule has 0 aliphatic rings. The van der Waals surface area contributed by atoms with E-state index in [1.54, 1.807) is 24.4 Å². The first-order valence-electron chi connectivity index (χ1n) is 9.08. The van der Waals surface area contributed by atoms with Crippen LogP contribution in [0.5, 0.6) is 0 Å². The van der Waals surface area contributed by atoms with E-state index in [1.807, 2.05) is 30.3 Å². The molecule has 1 amide bonds. The number of halogens is 1. The topological polar surface area (TPSA) is 59.8 Å². The first-order chi connectivity index (χ1) is 13.7. The van der Waals surface area contributed by atoms with Gasteiger partial charge in [-0.25, -0.2) is 4.98 Å². The zero-order valence-electron chi connectivity index (χ0n) is 15.2. The minimum absolute atomic E-state index is 0.171. The largest absolute Gasteiger partial charge is 0.350 e. The third-order valence-corrected chi connectivity index (χ3v) is 4.99. The predicted molar refractivity (Wildman–Crippen MR) is 113 cm³/mol. The molecule has 0 unspecified atom stereocenters. The molecule has 2 aromatic carbocycles. The van der Waals surface area contributed by atoms with Gasteiger partial charge in [-0.3, -0.25) is 9.78 Å². The van der Waals surface area contributed by atoms with Gasteiger partial charge in [-0.1, -0.05) is 46.3 Å². The average Bonchev–Trinajstić information content (AvgIpc) is 3.06. The van der Waals surface area contributed by atoms with E-state index in [0.29, 0.717) is 18.7 Å². The fraction of sp³-hybridized carbons (Fsp3) is 0.136. The Morgan fingerprint density at radius 3 is 2.71 bits per heavy atom. The quantitative estimate of drug-likeness (QED) is 0.494. The molecular weight excluding hydrogens is 416 g/mol. The number of benzene rings is 2. The zero-order valence-corrected chi connectivity index (χ0v) is 16.8. The number of hydrogen-bond donors (Lipinski definition) is 1. The van der Waals surface area contributed by atoms with Gasteiger partial charge in [0.05, 0.1) is 11.0 Å². The lowest BCUT2D eigenvalue weighted by molar-refractivity contribution is 0.0949. The van der Waals surface area contributed by atoms with Crippen molar-refractivity contribution in [2.45, 2.75) is 13.0 Å². The van der Waals surface area contributed by atoms with E-state index < -0.39 is 0 Å². The molecule has 0 aliphatic heterocycles. The summed E-state index contributed by atoms with van der Waals surface area (Å²) in [5, 5.41) is 2.93. The van der Waals surface area contributed by atoms with Crippen molar-refractivity contribution in [3.05, 3.63) is 94.5 Å². The van der Waals surface area contributed by atoms with Crippen LogP contribution in [0, 0.1) is 0 Å². The number of aromatic nitrogens is 3. The highest BCUT2D eigenvalue weighted by Crippen LogP contribution is 2.20. The Bertz CT molecular complexity index is 1110. The van der Waals surface area contributed by atoms with Gasteiger partial charge in [0.25, 0.3) is 5.91 Å². The zero-order chi connectivity index (χ0) is 19.3. The summed E-state index contributed by atoms with van der Waals surface area (Å²) < 4.78 is 3.27. The van der Waals surface area contributed by atoms with Gasteiger partial charge in [-0.15, -0.1) is 0 Å². The number of nitrogens with one attached hydrogen (secondary N) is 1. The second-order valence-electron chi connectivity index (χ2n) is 6.45. The van der Waals surface area contributed by atoms with Crippen LogP contribution in [0.15, 0.2) is 77.4 Å². The third kappa shape index (κ3) is 4.12. The summed E-state index contributed by atoms with van der Waals surface area (Å²) in [4.78, 5) is 21.1. The van der Waals surface area contributed by atoms with E-state index in [-0.39, 0.29) is 5.91 Å². The van der Waals surface area contributed by atoms with Crippen LogP contribution in [0.4, 0.5) is 0 Å². The van der Waals surface area contributed by atoms with Gasteiger partial charge in [-0.2, -0.15) is 0 Å². The van der Waals surface area contributed by atoms with Gasteiger partial charge in [0.15, 0.2) is 0 Å². The molecule has 6 heteroatoms. The van der Waals surface area contributed by atoms with E-state index in [1.165, 1.54) is 5.56 Å². The number of rotatable bonds is 6. The monoisotopic (exact) mass is 434 g/mol. The highest BCUT2D eigenvalue weighted by atomic mass is 79.9. The first-order valence-corrected chi connectivity index (χ1v) is 9.88. The summed E-state index contributed by atoms with van der Waals surface area (Å²) >= 11 is 3.54. The lowest BCUT2D eigenvalue weighted by Gasteiger charge is -2.10. The Hall–Kier alpha value is -2.99. The number of amides is 1. The smallest absolute Gasteiger partial charge is 0.269 e. The molecule has 0 saturated heterocycles. The van der Waals surface area contributed by atoms with Gasteiger partial charge in [0, 0.05) is 30.2 Å². The Morgan fingerprint density at radius 2 is 1.89 bits per heavy atom. The Kier molecular flexibility index (Phi) is 5.48. The molecule has 0 aliphatic carbocycles. The lowest BCUT2D eigenvalue weighted by Crippen LogP contribution is -2.27. The van der Waals surface area contributed by atoms with Crippen LogP contribution in [0.3, 0.4) is 0 Å². The molecule has 0 bridgehead atoms. The Morgan fingerprint density at radius 1 is 1.04 bits per heavy atom. The normalized spacial score (nSPS) is 10.9. The molecule has 0 atom stereocenters. The van der Waals surface area contributed by atoms with Crippen molar-refractivity contribution >= 4 is 32.9 Å². The number of nitrogens with zero attached hydrogens (tertiary/aromatic N) is 3. The van der Waals surface area contributed by atoms with E-state index in [9.17, 15) is 4.79 Å². The summed E-state index contributed by atoms with van der Waals surface area (Å²) in [6, 6.07) is 21.7. The number of hydrogen-bond acceptors (Lipinski definition) is 3. The number of carbonyl (C=O) groups is 1. The molecule has 4 aromatic rings. The van der Waals surface area contributed by atoms with E-state index >= 15 is 0 Å². The van der Waals surface area contributed by atoms with E-state index in [4.69, 9.17) is 4.98 Å². The molecule has 2 aromatic heterocycles. The van der Waals surface area contributed by atoms with Crippen molar-refractivity contribution in [1.82, 2.24) is 19.9 Å². The van der Waals surface area contributed by atoms with Crippen LogP contribution in [-0.4, -0.2) is 27.0 Å². The van der Waals surface area contributed by atoms with E-state index in [2.05, 4.69) is 49.0 Å². The van der Waals surface area contributed by atoms with Gasteiger partial charge < -0.3 is 9.88 Å². The van der Waals surface area contributed by atoms with Crippen LogP contribution in [-0.2, 0) is 13.0 Å². The highest BCUT2D eigenvalue weighted by Gasteiger charge is 2.12. The SMILES string of the molecule is O=C(NCCc1nc2ccccc2n1Cc1cccc(Br)c1)c1ccccn1. The number of pyridine rings is 1. The van der Waals surface area contributed by atoms with Gasteiger partial charge in [0.2, 0.25) is 0 Å². The lowest BCUT2D eigenvalue weighted by atomic mass is 10.2. The maximum atomic E-state index is 12.2. The van der Waals surface area contributed by atoms with Crippen LogP contribution < -0.4 is 5.32 Å². The van der Waals surface area contributed by atoms with Crippen molar-refractivity contribution in [3.63, 3.8) is 0 Å². The predicted octanol–water partition coefficient (Wildman–Crippen LogP) is 4.21. The molecule has 0 fully saturated rings. The number of para-hydroxylation sites is 2. The minimum atomic E-state index is -0.171. The van der Waals surface area contributed by atoms with Crippen molar-refractivity contribution in [3.8, 4) is 0 Å². The molecule has 1 N–H and O–H groups in total. The fourth-order valence-electron chi connectivity index (χ4n) is 3.19. The number of fused-ring (bicyclic) bond motifs is 1. The fourth-order valence-corrected chi connectivity index (χ4v) is 3.63. The molecule has 4 rings (SSSR count). The molecule has 0 radical (unpaired) electrons. The standard InChI is InChI=1S/C22H19BrN4O/c23-17-7-5-6-16(14-17)15-27-20-10-2-1-8-18(20)26-21(27)11-13-25-22(28)19-9-3-4-12-24-19/h1-10,12,14H,11,13,15H2,(H,25,28). The van der Waals surface area contributed by atoms with Crippen LogP contribution in [0.2, 0.25) is 0 Å². The number of imidazole rings is 1. The summed E-state index contributed by atoms with van der Waals surface area (Å²) in [6.45, 7) is 1.22. The third-order valence-electron chi connectivity index (χ3n) is 4.50. The van der Waals surface area contributed by atoms with Crippen molar-refractivity contribution in [2.24, 2.45) is 0 Å². The molecule has 28 heavy (non-hydrogen) atoms. The van der Waals surface area contributed by atoms with Gasteiger partial charge in [-0.05, 0) is 42.0 Å². The van der Waals surface area contributed by atoms with Crippen molar-refractivity contribution in [2.75, 3.05) is 6.54 Å². The molecular formula is C22H19BrN4O. The van der Waals surface area contributed by atoms with Gasteiger partial charge >= 0.3 is 0 Å². The van der Waals surface area contributed by atoms with Crippen LogP contribution in [0.25, 0.3) is 11.0 Å². The molecule has 0 spiro atoms. The van der Waals surface area contributed by atoms with Gasteiger partial charge in [0.1, 0.15) is 11.5 Å². The first kappa shape index (κ1) is 18.4. The summed E-state index contributed by atoms with van der Waals surface area (Å²) in [5.41, 5.74) is 3.67. The van der Waals surface area contributed by atoms with Crippen LogP contribution >= 0.6 is 15.9 Å². The molecule has 2 heterocycles. The van der Waals surface area contributed by atoms with E-state index in [0.717, 1.165) is 27.9 Å². The second kappa shape index (κ2) is 8.35. The highest BCUT2D eigenvalue weighted by molar-refractivity contribution is 9.10.